The summed E-state index contributed by atoms with van der Waals surface area (Å²) in [6, 6.07) is 15.1. The van der Waals surface area contributed by atoms with Crippen LogP contribution in [0.2, 0.25) is 5.15 Å². The molecule has 21 heavy (non-hydrogen) atoms. The van der Waals surface area contributed by atoms with E-state index in [-0.39, 0.29) is 0 Å². The van der Waals surface area contributed by atoms with Crippen LogP contribution in [0.1, 0.15) is 12.5 Å². The smallest absolute Gasteiger partial charge is 0.129 e. The second kappa shape index (κ2) is 6.46. The second-order valence-electron chi connectivity index (χ2n) is 5.59. The summed E-state index contributed by atoms with van der Waals surface area (Å²) >= 11 is 5.84. The maximum absolute atomic E-state index is 5.84. The lowest BCUT2D eigenvalue weighted by atomic mass is 10.1. The lowest BCUT2D eigenvalue weighted by molar-refractivity contribution is 0.181. The minimum absolute atomic E-state index is 0.523. The monoisotopic (exact) mass is 301 g/mol. The molecule has 1 unspecified atom stereocenters. The Kier molecular flexibility index (Phi) is 4.42. The van der Waals surface area contributed by atoms with Gasteiger partial charge < -0.3 is 4.90 Å². The van der Waals surface area contributed by atoms with Crippen LogP contribution in [-0.2, 0) is 6.54 Å². The number of hydrogen-bond donors (Lipinski definition) is 0. The molecular formula is C17H20ClN3. The highest BCUT2D eigenvalue weighted by molar-refractivity contribution is 6.29. The van der Waals surface area contributed by atoms with Gasteiger partial charge in [-0.3, -0.25) is 4.90 Å². The van der Waals surface area contributed by atoms with E-state index >= 15 is 0 Å². The summed E-state index contributed by atoms with van der Waals surface area (Å²) in [6.45, 7) is 6.42. The normalized spacial score (nSPS) is 19.7. The van der Waals surface area contributed by atoms with Crippen molar-refractivity contribution >= 4 is 17.3 Å². The van der Waals surface area contributed by atoms with Gasteiger partial charge in [-0.15, -0.1) is 0 Å². The van der Waals surface area contributed by atoms with Gasteiger partial charge in [-0.25, -0.2) is 4.98 Å². The lowest BCUT2D eigenvalue weighted by Gasteiger charge is -2.41. The van der Waals surface area contributed by atoms with Crippen LogP contribution in [0.4, 0.5) is 5.69 Å². The van der Waals surface area contributed by atoms with Crippen molar-refractivity contribution in [2.45, 2.75) is 19.5 Å². The third-order valence-electron chi connectivity index (χ3n) is 4.06. The van der Waals surface area contributed by atoms with E-state index in [1.807, 2.05) is 12.3 Å². The molecule has 4 heteroatoms. The van der Waals surface area contributed by atoms with E-state index in [4.69, 9.17) is 11.6 Å². The number of halogens is 1. The van der Waals surface area contributed by atoms with Crippen molar-refractivity contribution < 1.29 is 0 Å². The molecule has 2 aromatic rings. The van der Waals surface area contributed by atoms with Gasteiger partial charge in [0.25, 0.3) is 0 Å². The van der Waals surface area contributed by atoms with Gasteiger partial charge in [0.15, 0.2) is 0 Å². The van der Waals surface area contributed by atoms with Crippen molar-refractivity contribution in [3.8, 4) is 0 Å². The molecule has 1 aromatic carbocycles. The number of nitrogens with zero attached hydrogens (tertiary/aromatic N) is 3. The molecule has 0 N–H and O–H groups in total. The quantitative estimate of drug-likeness (QED) is 0.810. The molecule has 1 fully saturated rings. The number of hydrogen-bond acceptors (Lipinski definition) is 3. The van der Waals surface area contributed by atoms with Crippen molar-refractivity contribution in [3.63, 3.8) is 0 Å². The summed E-state index contributed by atoms with van der Waals surface area (Å²) in [7, 11) is 0. The first-order chi connectivity index (χ1) is 10.2. The van der Waals surface area contributed by atoms with Gasteiger partial charge in [0.1, 0.15) is 5.15 Å². The predicted molar refractivity (Wildman–Crippen MR) is 87.8 cm³/mol. The van der Waals surface area contributed by atoms with E-state index in [0.717, 1.165) is 26.2 Å². The van der Waals surface area contributed by atoms with Crippen LogP contribution in [0, 0.1) is 0 Å². The second-order valence-corrected chi connectivity index (χ2v) is 5.98. The fraction of sp³-hybridized carbons (Fsp3) is 0.353. The topological polar surface area (TPSA) is 19.4 Å². The molecule has 1 aliphatic heterocycles. The third-order valence-corrected chi connectivity index (χ3v) is 4.28. The molecule has 1 saturated heterocycles. The van der Waals surface area contributed by atoms with Crippen LogP contribution >= 0.6 is 11.6 Å². The number of para-hydroxylation sites is 1. The zero-order chi connectivity index (χ0) is 14.7. The molecule has 110 valence electrons. The Labute approximate surface area is 131 Å². The average Bonchev–Trinajstić information content (AvgIpc) is 2.52. The van der Waals surface area contributed by atoms with Gasteiger partial charge in [-0.05, 0) is 30.7 Å². The minimum Gasteiger partial charge on any atom is -0.369 e. The summed E-state index contributed by atoms with van der Waals surface area (Å²) in [5.74, 6) is 0. The van der Waals surface area contributed by atoms with Crippen molar-refractivity contribution in [3.05, 3.63) is 59.4 Å². The van der Waals surface area contributed by atoms with Crippen molar-refractivity contribution in [1.82, 2.24) is 9.88 Å². The van der Waals surface area contributed by atoms with E-state index < -0.39 is 0 Å². The lowest BCUT2D eigenvalue weighted by Crippen LogP contribution is -2.51. The first-order valence-electron chi connectivity index (χ1n) is 7.37. The molecule has 0 radical (unpaired) electrons. The molecule has 3 rings (SSSR count). The largest absolute Gasteiger partial charge is 0.369 e. The highest BCUT2D eigenvalue weighted by Gasteiger charge is 2.23. The maximum atomic E-state index is 5.84. The van der Waals surface area contributed by atoms with Crippen LogP contribution in [0.5, 0.6) is 0 Å². The summed E-state index contributed by atoms with van der Waals surface area (Å²) < 4.78 is 0. The molecule has 1 atom stereocenters. The standard InChI is InChI=1S/C17H20ClN3/c1-14-12-21(16-5-3-2-4-6-16)10-9-20(14)13-15-7-8-17(18)19-11-15/h2-8,11,14H,9-10,12-13H2,1H3. The van der Waals surface area contributed by atoms with Gasteiger partial charge in [-0.2, -0.15) is 0 Å². The van der Waals surface area contributed by atoms with Crippen molar-refractivity contribution in [2.24, 2.45) is 0 Å². The van der Waals surface area contributed by atoms with Crippen molar-refractivity contribution in [1.29, 1.82) is 0 Å². The SMILES string of the molecule is CC1CN(c2ccccc2)CCN1Cc1ccc(Cl)nc1. The number of pyridine rings is 1. The maximum Gasteiger partial charge on any atom is 0.129 e. The Bertz CT molecular complexity index is 570. The zero-order valence-electron chi connectivity index (χ0n) is 12.2. The zero-order valence-corrected chi connectivity index (χ0v) is 13.0. The van der Waals surface area contributed by atoms with Crippen LogP contribution < -0.4 is 4.90 Å². The highest BCUT2D eigenvalue weighted by atomic mass is 35.5. The summed E-state index contributed by atoms with van der Waals surface area (Å²) in [5, 5.41) is 0.556. The first-order valence-corrected chi connectivity index (χ1v) is 7.74. The van der Waals surface area contributed by atoms with Crippen molar-refractivity contribution in [2.75, 3.05) is 24.5 Å². The average molecular weight is 302 g/mol. The Morgan fingerprint density at radius 1 is 1.14 bits per heavy atom. The first kappa shape index (κ1) is 14.4. The Morgan fingerprint density at radius 2 is 1.95 bits per heavy atom. The van der Waals surface area contributed by atoms with Gasteiger partial charge in [0, 0.05) is 44.1 Å². The molecule has 0 saturated carbocycles. The fourth-order valence-electron chi connectivity index (χ4n) is 2.84. The van der Waals surface area contributed by atoms with Crippen LogP contribution in [0.15, 0.2) is 48.7 Å². The number of anilines is 1. The summed E-state index contributed by atoms with van der Waals surface area (Å²) in [5.41, 5.74) is 2.54. The molecule has 0 amide bonds. The Morgan fingerprint density at radius 3 is 2.62 bits per heavy atom. The molecule has 1 aromatic heterocycles. The van der Waals surface area contributed by atoms with Gasteiger partial charge >= 0.3 is 0 Å². The van der Waals surface area contributed by atoms with E-state index in [9.17, 15) is 0 Å². The Balaban J connectivity index is 1.62. The fourth-order valence-corrected chi connectivity index (χ4v) is 2.95. The molecule has 0 aliphatic carbocycles. The van der Waals surface area contributed by atoms with E-state index in [0.29, 0.717) is 11.2 Å². The van der Waals surface area contributed by atoms with Gasteiger partial charge in [0.2, 0.25) is 0 Å². The predicted octanol–water partition coefficient (Wildman–Crippen LogP) is 3.45. The van der Waals surface area contributed by atoms with Crippen LogP contribution in [0.3, 0.4) is 0 Å². The number of aromatic nitrogens is 1. The molecular weight excluding hydrogens is 282 g/mol. The van der Waals surface area contributed by atoms with E-state index in [1.165, 1.54) is 11.3 Å². The molecule has 3 nitrogen and oxygen atoms in total. The van der Waals surface area contributed by atoms with Crippen LogP contribution in [0.25, 0.3) is 0 Å². The molecule has 0 bridgehead atoms. The third kappa shape index (κ3) is 3.55. The summed E-state index contributed by atoms with van der Waals surface area (Å²) in [6.07, 6.45) is 1.87. The number of benzene rings is 1. The molecule has 2 heterocycles. The van der Waals surface area contributed by atoms with E-state index in [1.54, 1.807) is 0 Å². The minimum atomic E-state index is 0.523. The number of rotatable bonds is 3. The Hall–Kier alpha value is -1.58. The number of piperazine rings is 1. The molecule has 0 spiro atoms. The highest BCUT2D eigenvalue weighted by Crippen LogP contribution is 2.20. The van der Waals surface area contributed by atoms with Gasteiger partial charge in [0.05, 0.1) is 0 Å². The van der Waals surface area contributed by atoms with Crippen LogP contribution in [-0.4, -0.2) is 35.6 Å². The molecule has 1 aliphatic rings. The van der Waals surface area contributed by atoms with Gasteiger partial charge in [-0.1, -0.05) is 35.9 Å². The van der Waals surface area contributed by atoms with E-state index in [2.05, 4.69) is 58.1 Å². The summed E-state index contributed by atoms with van der Waals surface area (Å²) in [4.78, 5) is 9.12.